The summed E-state index contributed by atoms with van der Waals surface area (Å²) in [4.78, 5) is 4.20. The van der Waals surface area contributed by atoms with Crippen molar-refractivity contribution in [2.75, 3.05) is 11.1 Å². The van der Waals surface area contributed by atoms with E-state index in [-0.39, 0.29) is 0 Å². The highest BCUT2D eigenvalue weighted by Crippen LogP contribution is 2.20. The van der Waals surface area contributed by atoms with Gasteiger partial charge in [0, 0.05) is 23.6 Å². The molecule has 0 radical (unpaired) electrons. The molecule has 0 spiro atoms. The second-order valence-electron chi connectivity index (χ2n) is 4.38. The number of aromatic nitrogens is 1. The Kier molecular flexibility index (Phi) is 3.28. The van der Waals surface area contributed by atoms with Crippen molar-refractivity contribution in [2.24, 2.45) is 0 Å². The van der Waals surface area contributed by atoms with Gasteiger partial charge in [-0.1, -0.05) is 26.0 Å². The molecule has 2 aromatic rings. The van der Waals surface area contributed by atoms with Crippen LogP contribution in [0.4, 0.5) is 17.2 Å². The molecular weight excluding hydrogens is 210 g/mol. The van der Waals surface area contributed by atoms with Crippen LogP contribution in [-0.4, -0.2) is 4.98 Å². The van der Waals surface area contributed by atoms with E-state index in [9.17, 15) is 0 Å². The van der Waals surface area contributed by atoms with Crippen molar-refractivity contribution in [1.82, 2.24) is 4.98 Å². The maximum absolute atomic E-state index is 5.70. The molecule has 3 heteroatoms. The summed E-state index contributed by atoms with van der Waals surface area (Å²) in [6.07, 6.45) is 1.69. The number of nitrogen functional groups attached to an aromatic ring is 1. The number of nitrogens with two attached hydrogens (primary N) is 1. The predicted molar refractivity (Wildman–Crippen MR) is 72.5 cm³/mol. The topological polar surface area (TPSA) is 50.9 Å². The minimum Gasteiger partial charge on any atom is -0.399 e. The molecule has 0 aliphatic heterocycles. The molecule has 17 heavy (non-hydrogen) atoms. The van der Waals surface area contributed by atoms with E-state index < -0.39 is 0 Å². The number of benzene rings is 1. The quantitative estimate of drug-likeness (QED) is 0.843. The average Bonchev–Trinajstić information content (AvgIpc) is 2.29. The number of nitrogens with one attached hydrogen (secondary N) is 1. The molecule has 1 heterocycles. The lowest BCUT2D eigenvalue weighted by Gasteiger charge is -2.08. The third kappa shape index (κ3) is 2.97. The Morgan fingerprint density at radius 3 is 2.41 bits per heavy atom. The van der Waals surface area contributed by atoms with Gasteiger partial charge in [0.2, 0.25) is 0 Å². The van der Waals surface area contributed by atoms with Crippen molar-refractivity contribution in [1.29, 1.82) is 0 Å². The number of nitrogens with zero attached hydrogens (tertiary/aromatic N) is 1. The van der Waals surface area contributed by atoms with Gasteiger partial charge in [0.05, 0.1) is 0 Å². The van der Waals surface area contributed by atoms with Crippen molar-refractivity contribution in [3.8, 4) is 0 Å². The van der Waals surface area contributed by atoms with E-state index >= 15 is 0 Å². The van der Waals surface area contributed by atoms with Gasteiger partial charge >= 0.3 is 0 Å². The summed E-state index contributed by atoms with van der Waals surface area (Å²) in [5.41, 5.74) is 8.76. The van der Waals surface area contributed by atoms with Crippen LogP contribution in [0.2, 0.25) is 0 Å². The maximum atomic E-state index is 5.70. The summed E-state index contributed by atoms with van der Waals surface area (Å²) in [5.74, 6) is 1.32. The molecule has 0 amide bonds. The number of rotatable bonds is 3. The zero-order valence-electron chi connectivity index (χ0n) is 10.1. The van der Waals surface area contributed by atoms with Crippen molar-refractivity contribution in [3.05, 3.63) is 48.2 Å². The van der Waals surface area contributed by atoms with Crippen LogP contribution in [0.1, 0.15) is 25.3 Å². The van der Waals surface area contributed by atoms with Crippen LogP contribution >= 0.6 is 0 Å². The van der Waals surface area contributed by atoms with Gasteiger partial charge in [0.15, 0.2) is 0 Å². The summed E-state index contributed by atoms with van der Waals surface area (Å²) < 4.78 is 0. The highest BCUT2D eigenvalue weighted by molar-refractivity contribution is 5.59. The first-order chi connectivity index (χ1) is 8.15. The lowest BCUT2D eigenvalue weighted by atomic mass is 10.0. The SMILES string of the molecule is CC(C)c1ccc(Nc2cc(N)ccn2)cc1. The summed E-state index contributed by atoms with van der Waals surface area (Å²) >= 11 is 0. The average molecular weight is 227 g/mol. The summed E-state index contributed by atoms with van der Waals surface area (Å²) in [5, 5.41) is 3.22. The Labute approximate surface area is 102 Å². The molecule has 3 nitrogen and oxygen atoms in total. The van der Waals surface area contributed by atoms with E-state index in [0.717, 1.165) is 11.5 Å². The molecule has 3 N–H and O–H groups in total. The summed E-state index contributed by atoms with van der Waals surface area (Å²) in [6, 6.07) is 11.9. The Balaban J connectivity index is 2.14. The molecule has 88 valence electrons. The van der Waals surface area contributed by atoms with Gasteiger partial charge in [-0.25, -0.2) is 4.98 Å². The zero-order valence-corrected chi connectivity index (χ0v) is 10.1. The predicted octanol–water partition coefficient (Wildman–Crippen LogP) is 3.53. The van der Waals surface area contributed by atoms with Crippen molar-refractivity contribution >= 4 is 17.2 Å². The molecule has 0 aliphatic carbocycles. The Morgan fingerprint density at radius 2 is 1.82 bits per heavy atom. The Hall–Kier alpha value is -2.03. The maximum Gasteiger partial charge on any atom is 0.132 e. The zero-order chi connectivity index (χ0) is 12.3. The number of hydrogen-bond donors (Lipinski definition) is 2. The molecule has 1 aromatic heterocycles. The fraction of sp³-hybridized carbons (Fsp3) is 0.214. The molecule has 0 unspecified atom stereocenters. The molecule has 0 fully saturated rings. The smallest absolute Gasteiger partial charge is 0.132 e. The van der Waals surface area contributed by atoms with Gasteiger partial charge < -0.3 is 11.1 Å². The first kappa shape index (κ1) is 11.5. The third-order valence-electron chi connectivity index (χ3n) is 2.63. The van der Waals surface area contributed by atoms with Crippen LogP contribution in [-0.2, 0) is 0 Å². The van der Waals surface area contributed by atoms with Crippen molar-refractivity contribution < 1.29 is 0 Å². The Morgan fingerprint density at radius 1 is 1.12 bits per heavy atom. The molecule has 0 atom stereocenters. The third-order valence-corrected chi connectivity index (χ3v) is 2.63. The van der Waals surface area contributed by atoms with Crippen LogP contribution in [0.3, 0.4) is 0 Å². The second kappa shape index (κ2) is 4.87. The number of anilines is 3. The van der Waals surface area contributed by atoms with E-state index in [1.54, 1.807) is 12.3 Å². The molecule has 2 rings (SSSR count). The molecule has 0 aliphatic rings. The monoisotopic (exact) mass is 227 g/mol. The standard InChI is InChI=1S/C14H17N3/c1-10(2)11-3-5-13(6-4-11)17-14-9-12(15)7-8-16-14/h3-10H,1-2H3,(H3,15,16,17). The Bertz CT molecular complexity index is 489. The van der Waals surface area contributed by atoms with E-state index in [1.807, 2.05) is 6.07 Å². The lowest BCUT2D eigenvalue weighted by Crippen LogP contribution is -1.95. The number of hydrogen-bond acceptors (Lipinski definition) is 3. The summed E-state index contributed by atoms with van der Waals surface area (Å²) in [6.45, 7) is 4.36. The largest absolute Gasteiger partial charge is 0.399 e. The van der Waals surface area contributed by atoms with Crippen molar-refractivity contribution in [3.63, 3.8) is 0 Å². The van der Waals surface area contributed by atoms with E-state index in [4.69, 9.17) is 5.73 Å². The van der Waals surface area contributed by atoms with Gasteiger partial charge in [0.25, 0.3) is 0 Å². The fourth-order valence-corrected chi connectivity index (χ4v) is 1.61. The first-order valence-corrected chi connectivity index (χ1v) is 5.73. The highest BCUT2D eigenvalue weighted by Gasteiger charge is 2.00. The van der Waals surface area contributed by atoms with E-state index in [2.05, 4.69) is 48.4 Å². The lowest BCUT2D eigenvalue weighted by molar-refractivity contribution is 0.867. The normalized spacial score (nSPS) is 10.5. The fourth-order valence-electron chi connectivity index (χ4n) is 1.61. The molecular formula is C14H17N3. The summed E-state index contributed by atoms with van der Waals surface area (Å²) in [7, 11) is 0. The van der Waals surface area contributed by atoms with Crippen LogP contribution in [0.5, 0.6) is 0 Å². The van der Waals surface area contributed by atoms with Crippen LogP contribution < -0.4 is 11.1 Å². The second-order valence-corrected chi connectivity index (χ2v) is 4.38. The minimum atomic E-state index is 0.551. The molecule has 0 bridgehead atoms. The van der Waals surface area contributed by atoms with E-state index in [1.165, 1.54) is 5.56 Å². The number of pyridine rings is 1. The molecule has 1 aromatic carbocycles. The van der Waals surface area contributed by atoms with Gasteiger partial charge in [-0.05, 0) is 29.7 Å². The molecule has 0 saturated heterocycles. The van der Waals surface area contributed by atoms with Gasteiger partial charge in [-0.3, -0.25) is 0 Å². The highest BCUT2D eigenvalue weighted by atomic mass is 15.0. The van der Waals surface area contributed by atoms with Crippen LogP contribution in [0.15, 0.2) is 42.6 Å². The molecule has 0 saturated carbocycles. The van der Waals surface area contributed by atoms with Gasteiger partial charge in [-0.15, -0.1) is 0 Å². The van der Waals surface area contributed by atoms with Gasteiger partial charge in [0.1, 0.15) is 5.82 Å². The van der Waals surface area contributed by atoms with Crippen LogP contribution in [0.25, 0.3) is 0 Å². The van der Waals surface area contributed by atoms with E-state index in [0.29, 0.717) is 11.6 Å². The van der Waals surface area contributed by atoms with Gasteiger partial charge in [-0.2, -0.15) is 0 Å². The van der Waals surface area contributed by atoms with Crippen LogP contribution in [0, 0.1) is 0 Å². The van der Waals surface area contributed by atoms with Crippen molar-refractivity contribution in [2.45, 2.75) is 19.8 Å². The minimum absolute atomic E-state index is 0.551. The first-order valence-electron chi connectivity index (χ1n) is 5.73.